The van der Waals surface area contributed by atoms with Crippen LogP contribution in [0.15, 0.2) is 39.8 Å². The van der Waals surface area contributed by atoms with Crippen molar-refractivity contribution in [1.29, 1.82) is 0 Å². The van der Waals surface area contributed by atoms with Gasteiger partial charge in [-0.1, -0.05) is 11.6 Å². The van der Waals surface area contributed by atoms with Gasteiger partial charge in [0.15, 0.2) is 0 Å². The van der Waals surface area contributed by atoms with Gasteiger partial charge in [0.1, 0.15) is 5.76 Å². The first kappa shape index (κ1) is 16.1. The van der Waals surface area contributed by atoms with Crippen LogP contribution in [0.3, 0.4) is 0 Å². The third-order valence-electron chi connectivity index (χ3n) is 2.49. The van der Waals surface area contributed by atoms with Crippen molar-refractivity contribution in [2.24, 2.45) is 5.90 Å². The van der Waals surface area contributed by atoms with Gasteiger partial charge in [-0.25, -0.2) is 0 Å². The molecular formula is C12H10ClN2O4S2-. The highest BCUT2D eigenvalue weighted by molar-refractivity contribution is 7.94. The van der Waals surface area contributed by atoms with Crippen molar-refractivity contribution in [2.75, 3.05) is 5.32 Å². The number of rotatable bonds is 7. The lowest BCUT2D eigenvalue weighted by Crippen LogP contribution is -2.05. The monoisotopic (exact) mass is 345 g/mol. The summed E-state index contributed by atoms with van der Waals surface area (Å²) < 4.78 is 9.72. The van der Waals surface area contributed by atoms with Crippen molar-refractivity contribution < 1.29 is 18.5 Å². The normalized spacial score (nSPS) is 10.6. The Morgan fingerprint density at radius 2 is 2.33 bits per heavy atom. The van der Waals surface area contributed by atoms with Crippen LogP contribution in [-0.2, 0) is 28.5 Å². The summed E-state index contributed by atoms with van der Waals surface area (Å²) >= 11 is 11.6. The highest BCUT2D eigenvalue weighted by atomic mass is 35.5. The third-order valence-corrected chi connectivity index (χ3v) is 3.80. The largest absolute Gasteiger partial charge is 0.737 e. The maximum atomic E-state index is 11.6. The van der Waals surface area contributed by atoms with E-state index in [-0.39, 0.29) is 0 Å². The zero-order valence-electron chi connectivity index (χ0n) is 10.5. The molecule has 0 aliphatic rings. The topological polar surface area (TPSA) is 86.7 Å². The minimum Gasteiger partial charge on any atom is -0.737 e. The summed E-state index contributed by atoms with van der Waals surface area (Å²) in [5, 5.41) is 2.89. The summed E-state index contributed by atoms with van der Waals surface area (Å²) in [6, 6.07) is 6.66. The van der Waals surface area contributed by atoms with Gasteiger partial charge in [0.25, 0.3) is 0 Å². The van der Waals surface area contributed by atoms with E-state index in [1.54, 1.807) is 24.5 Å². The molecule has 112 valence electrons. The zero-order chi connectivity index (χ0) is 15.2. The molecule has 0 bridgehead atoms. The molecule has 0 fully saturated rings. The van der Waals surface area contributed by atoms with Crippen LogP contribution < -0.4 is 11.2 Å². The van der Waals surface area contributed by atoms with Crippen molar-refractivity contribution in [1.82, 2.24) is 0 Å². The lowest BCUT2D eigenvalue weighted by Gasteiger charge is -2.15. The highest BCUT2D eigenvalue weighted by Gasteiger charge is 2.11. The number of furan rings is 1. The molecule has 0 amide bonds. The van der Waals surface area contributed by atoms with E-state index in [1.807, 2.05) is 0 Å². The fraction of sp³-hybridized carbons (Fsp3) is 0.0833. The predicted molar refractivity (Wildman–Crippen MR) is 81.4 cm³/mol. The molecule has 3 N–H and O–H groups in total. The smallest absolute Gasteiger partial charge is 0.122 e. The number of carbonyl (C=O) groups is 1. The van der Waals surface area contributed by atoms with E-state index in [4.69, 9.17) is 34.5 Å². The van der Waals surface area contributed by atoms with E-state index < -0.39 is 5.12 Å². The Hall–Kier alpha value is -1.29. The third kappa shape index (κ3) is 4.34. The summed E-state index contributed by atoms with van der Waals surface area (Å²) in [7, 11) is 0. The molecule has 9 heteroatoms. The number of benzene rings is 1. The number of nitrogens with two attached hydrogens (primary N) is 1. The van der Waals surface area contributed by atoms with Crippen LogP contribution in [0, 0.1) is 0 Å². The van der Waals surface area contributed by atoms with E-state index in [9.17, 15) is 4.79 Å². The van der Waals surface area contributed by atoms with Crippen molar-refractivity contribution in [2.45, 2.75) is 11.4 Å². The Balaban J connectivity index is 2.22. The Labute approximate surface area is 135 Å². The number of anilines is 1. The van der Waals surface area contributed by atoms with Gasteiger partial charge in [-0.3, -0.25) is 0 Å². The Morgan fingerprint density at radius 1 is 1.52 bits per heavy atom. The summed E-state index contributed by atoms with van der Waals surface area (Å²) in [5.41, 5.74) is 0.804. The average molecular weight is 346 g/mol. The van der Waals surface area contributed by atoms with Crippen LogP contribution in [0.5, 0.6) is 0 Å². The quantitative estimate of drug-likeness (QED) is 0.342. The zero-order valence-corrected chi connectivity index (χ0v) is 12.9. The Morgan fingerprint density at radius 3 is 2.95 bits per heavy atom. The summed E-state index contributed by atoms with van der Waals surface area (Å²) in [4.78, 5) is 16.0. The number of hydrogen-bond donors (Lipinski definition) is 2. The van der Waals surface area contributed by atoms with E-state index in [0.29, 0.717) is 33.5 Å². The van der Waals surface area contributed by atoms with E-state index >= 15 is 0 Å². The van der Waals surface area contributed by atoms with Crippen molar-refractivity contribution >= 4 is 47.1 Å². The molecule has 0 saturated heterocycles. The van der Waals surface area contributed by atoms with E-state index in [1.165, 1.54) is 6.07 Å². The first-order chi connectivity index (χ1) is 10.1. The molecular weight excluding hydrogens is 336 g/mol. The molecule has 0 atom stereocenters. The van der Waals surface area contributed by atoms with Crippen molar-refractivity contribution in [3.8, 4) is 0 Å². The standard InChI is InChI=1S/C12H11ClN2O4S2/c13-9-5-10(15-6-7-2-1-3-17-7)8(12(16)20)4-11(9)21-19-18-14/h1-5,15H,6,14H2,(H,16,20)/p-1. The summed E-state index contributed by atoms with van der Waals surface area (Å²) in [6.45, 7) is 0.397. The fourth-order valence-electron chi connectivity index (χ4n) is 1.58. The van der Waals surface area contributed by atoms with Crippen LogP contribution in [0.1, 0.15) is 16.1 Å². The molecule has 1 heterocycles. The SMILES string of the molecule is NOOSc1cc(C(=O)[S-])c(NCc2ccco2)cc1Cl. The molecule has 1 aromatic carbocycles. The number of halogens is 1. The van der Waals surface area contributed by atoms with E-state index in [0.717, 1.165) is 12.0 Å². The first-order valence-electron chi connectivity index (χ1n) is 5.63. The van der Waals surface area contributed by atoms with Crippen molar-refractivity contribution in [3.05, 3.63) is 46.9 Å². The maximum absolute atomic E-state index is 11.6. The van der Waals surface area contributed by atoms with Crippen molar-refractivity contribution in [3.63, 3.8) is 0 Å². The van der Waals surface area contributed by atoms with Crippen LogP contribution in [0.2, 0.25) is 5.02 Å². The minimum absolute atomic E-state index is 0.295. The molecule has 2 rings (SSSR count). The van der Waals surface area contributed by atoms with Gasteiger partial charge in [-0.05, 0) is 24.3 Å². The molecule has 2 aromatic rings. The van der Waals surface area contributed by atoms with Gasteiger partial charge in [-0.2, -0.15) is 5.90 Å². The number of hydrogen-bond acceptors (Lipinski definition) is 8. The molecule has 21 heavy (non-hydrogen) atoms. The molecule has 0 unspecified atom stereocenters. The fourth-order valence-corrected chi connectivity index (χ4v) is 2.43. The van der Waals surface area contributed by atoms with Gasteiger partial charge in [0, 0.05) is 16.4 Å². The minimum atomic E-state index is -0.524. The Kier molecular flexibility index (Phi) is 5.85. The van der Waals surface area contributed by atoms with Crippen LogP contribution in [0.25, 0.3) is 0 Å². The highest BCUT2D eigenvalue weighted by Crippen LogP contribution is 2.33. The number of nitrogens with one attached hydrogen (secondary N) is 1. The molecule has 0 radical (unpaired) electrons. The van der Waals surface area contributed by atoms with Gasteiger partial charge >= 0.3 is 0 Å². The lowest BCUT2D eigenvalue weighted by molar-refractivity contribution is -0.195. The van der Waals surface area contributed by atoms with Crippen LogP contribution in [-0.4, -0.2) is 5.12 Å². The molecule has 0 aliphatic heterocycles. The van der Waals surface area contributed by atoms with Gasteiger partial charge in [0.2, 0.25) is 0 Å². The van der Waals surface area contributed by atoms with Gasteiger partial charge in [-0.15, -0.1) is 9.32 Å². The van der Waals surface area contributed by atoms with Gasteiger partial charge in [0.05, 0.1) is 34.8 Å². The van der Waals surface area contributed by atoms with Crippen LogP contribution >= 0.6 is 23.6 Å². The summed E-state index contributed by atoms with van der Waals surface area (Å²) in [5.74, 6) is 5.47. The van der Waals surface area contributed by atoms with Gasteiger partial charge < -0.3 is 27.2 Å². The summed E-state index contributed by atoms with van der Waals surface area (Å²) in [6.07, 6.45) is 1.56. The average Bonchev–Trinajstić information content (AvgIpc) is 2.97. The predicted octanol–water partition coefficient (Wildman–Crippen LogP) is 3.06. The Bertz CT molecular complexity index is 622. The molecule has 6 nitrogen and oxygen atoms in total. The molecule has 0 spiro atoms. The second kappa shape index (κ2) is 7.64. The lowest BCUT2D eigenvalue weighted by atomic mass is 10.2. The number of carbonyl (C=O) groups excluding carboxylic acids is 1. The molecule has 0 saturated carbocycles. The second-order valence-corrected chi connectivity index (χ2v) is 5.32. The maximum Gasteiger partial charge on any atom is 0.122 e. The van der Waals surface area contributed by atoms with Crippen LogP contribution in [0.4, 0.5) is 5.69 Å². The van der Waals surface area contributed by atoms with E-state index in [2.05, 4.69) is 14.6 Å². The second-order valence-electron chi connectivity index (χ2n) is 3.80. The molecule has 1 aromatic heterocycles. The first-order valence-corrected chi connectivity index (χ1v) is 7.16. The molecule has 0 aliphatic carbocycles.